The van der Waals surface area contributed by atoms with Crippen molar-refractivity contribution in [2.45, 2.75) is 49.3 Å². The van der Waals surface area contributed by atoms with Gasteiger partial charge >= 0.3 is 6.18 Å². The Morgan fingerprint density at radius 2 is 1.87 bits per heavy atom. The molecule has 5 nitrogen and oxygen atoms in total. The van der Waals surface area contributed by atoms with Crippen molar-refractivity contribution in [2.75, 3.05) is 0 Å². The van der Waals surface area contributed by atoms with Crippen molar-refractivity contribution >= 4 is 43.0 Å². The number of hydrogen-bond donors (Lipinski definition) is 2. The zero-order valence-corrected chi connectivity index (χ0v) is 23.1. The minimum Gasteiger partial charge on any atom is -0.376 e. The third-order valence-corrected chi connectivity index (χ3v) is 11.5. The number of alkyl halides is 3. The lowest BCUT2D eigenvalue weighted by atomic mass is 9.94. The Bertz CT molecular complexity index is 1700. The Morgan fingerprint density at radius 3 is 2.54 bits per heavy atom. The number of thiophene rings is 1. The molecule has 0 amide bonds. The monoisotopic (exact) mass is 592 g/mol. The third-order valence-electron chi connectivity index (χ3n) is 7.88. The highest BCUT2D eigenvalue weighted by Gasteiger charge is 2.68. The summed E-state index contributed by atoms with van der Waals surface area (Å²) >= 11 is 7.86. The molecule has 0 aliphatic heterocycles. The number of rotatable bonds is 7. The van der Waals surface area contributed by atoms with Crippen molar-refractivity contribution in [1.82, 2.24) is 9.71 Å². The second-order valence-corrected chi connectivity index (χ2v) is 13.9. The molecule has 0 radical (unpaired) electrons. The molecule has 2 fully saturated rings. The van der Waals surface area contributed by atoms with Crippen LogP contribution in [0.3, 0.4) is 0 Å². The van der Waals surface area contributed by atoms with Crippen LogP contribution in [0.15, 0.2) is 66.9 Å². The number of aromatic nitrogens is 1. The van der Waals surface area contributed by atoms with E-state index in [-0.39, 0.29) is 16.7 Å². The largest absolute Gasteiger partial charge is 0.421 e. The van der Waals surface area contributed by atoms with Crippen molar-refractivity contribution < 1.29 is 26.7 Å². The SMILES string of the molecule is C[C@](O)(c1ccnc(-c2cccc3cc([C@H](NS(=O)(=O)[C@H]4CC45CC5)c4ccccc4Cl)sc23)c1)C(F)(F)F. The van der Waals surface area contributed by atoms with Gasteiger partial charge in [-0.25, -0.2) is 13.1 Å². The van der Waals surface area contributed by atoms with Crippen molar-refractivity contribution in [2.24, 2.45) is 5.41 Å². The maximum absolute atomic E-state index is 13.5. The van der Waals surface area contributed by atoms with Crippen molar-refractivity contribution in [3.05, 3.63) is 87.9 Å². The molecule has 2 saturated carbocycles. The number of fused-ring (bicyclic) bond motifs is 1. The maximum atomic E-state index is 13.5. The highest BCUT2D eigenvalue weighted by molar-refractivity contribution is 7.90. The minimum atomic E-state index is -4.87. The van der Waals surface area contributed by atoms with Gasteiger partial charge in [0.1, 0.15) is 0 Å². The van der Waals surface area contributed by atoms with Gasteiger partial charge in [0, 0.05) is 26.4 Å². The summed E-state index contributed by atoms with van der Waals surface area (Å²) in [6.07, 6.45) is -1.11. The average molecular weight is 593 g/mol. The summed E-state index contributed by atoms with van der Waals surface area (Å²) in [5.41, 5.74) is -1.99. The van der Waals surface area contributed by atoms with Gasteiger partial charge in [-0.3, -0.25) is 4.98 Å². The molecule has 39 heavy (non-hydrogen) atoms. The van der Waals surface area contributed by atoms with E-state index in [4.69, 9.17) is 11.6 Å². The number of benzene rings is 2. The van der Waals surface area contributed by atoms with Gasteiger partial charge in [-0.15, -0.1) is 11.3 Å². The van der Waals surface area contributed by atoms with Crippen LogP contribution in [0.25, 0.3) is 21.3 Å². The van der Waals surface area contributed by atoms with Crippen molar-refractivity contribution in [3.63, 3.8) is 0 Å². The molecule has 2 aliphatic rings. The minimum absolute atomic E-state index is 0.0709. The van der Waals surface area contributed by atoms with E-state index in [1.807, 2.05) is 12.1 Å². The van der Waals surface area contributed by atoms with E-state index in [2.05, 4.69) is 9.71 Å². The van der Waals surface area contributed by atoms with Crippen molar-refractivity contribution in [1.29, 1.82) is 0 Å². The number of nitrogens with zero attached hydrogens (tertiary/aromatic N) is 1. The van der Waals surface area contributed by atoms with Crippen LogP contribution in [0.2, 0.25) is 5.02 Å². The van der Waals surface area contributed by atoms with Gasteiger partial charge in [0.2, 0.25) is 10.0 Å². The number of pyridine rings is 1. The summed E-state index contributed by atoms with van der Waals surface area (Å²) in [5.74, 6) is 0. The fourth-order valence-corrected chi connectivity index (χ4v) is 8.90. The lowest BCUT2D eigenvalue weighted by Crippen LogP contribution is -2.39. The molecule has 2 N–H and O–H groups in total. The van der Waals surface area contributed by atoms with E-state index < -0.39 is 33.1 Å². The molecule has 0 unspecified atom stereocenters. The molecule has 0 bridgehead atoms. The van der Waals surface area contributed by atoms with E-state index in [9.17, 15) is 26.7 Å². The Morgan fingerprint density at radius 1 is 1.13 bits per heavy atom. The highest BCUT2D eigenvalue weighted by Crippen LogP contribution is 2.68. The second kappa shape index (κ2) is 9.01. The number of halogens is 4. The van der Waals surface area contributed by atoms with E-state index in [0.29, 0.717) is 34.4 Å². The van der Waals surface area contributed by atoms with Crippen LogP contribution in [0, 0.1) is 5.41 Å². The zero-order chi connectivity index (χ0) is 27.8. The molecule has 11 heteroatoms. The lowest BCUT2D eigenvalue weighted by Gasteiger charge is -2.26. The number of hydrogen-bond acceptors (Lipinski definition) is 5. The van der Waals surface area contributed by atoms with Gasteiger partial charge < -0.3 is 5.11 Å². The maximum Gasteiger partial charge on any atom is 0.421 e. The predicted octanol–water partition coefficient (Wildman–Crippen LogP) is 6.95. The number of aliphatic hydroxyl groups is 1. The summed E-state index contributed by atoms with van der Waals surface area (Å²) in [5, 5.41) is 11.0. The fraction of sp³-hybridized carbons (Fsp3) is 0.321. The first-order chi connectivity index (χ1) is 18.3. The van der Waals surface area contributed by atoms with Crippen LogP contribution in [0.1, 0.15) is 48.2 Å². The zero-order valence-electron chi connectivity index (χ0n) is 20.7. The van der Waals surface area contributed by atoms with Crippen molar-refractivity contribution in [3.8, 4) is 11.3 Å². The standard InChI is InChI=1S/C28H24ClF3N2O3S2/c1-26(35,28(30,31)32)17-9-12-33-21(14-17)19-7-4-5-16-13-22(38-25(16)19)24(18-6-2-3-8-20(18)29)34-39(36,37)23-15-27(23)10-11-27/h2-9,12-14,23-24,34-35H,10-11,15H2,1H3/t23-,24+,26-/m0/s1. The molecule has 2 aromatic heterocycles. The highest BCUT2D eigenvalue weighted by atomic mass is 35.5. The Kier molecular flexibility index (Phi) is 6.17. The number of nitrogens with one attached hydrogen (secondary N) is 1. The summed E-state index contributed by atoms with van der Waals surface area (Å²) < 4.78 is 70.9. The molecule has 6 rings (SSSR count). The second-order valence-electron chi connectivity index (χ2n) is 10.5. The Balaban J connectivity index is 1.44. The number of sulfonamides is 1. The van der Waals surface area contributed by atoms with Crippen LogP contribution >= 0.6 is 22.9 Å². The van der Waals surface area contributed by atoms with Gasteiger partial charge in [-0.2, -0.15) is 13.2 Å². The fourth-order valence-electron chi connectivity index (χ4n) is 5.14. The molecular formula is C28H24ClF3N2O3S2. The van der Waals surface area contributed by atoms with E-state index in [0.717, 1.165) is 29.0 Å². The Hall–Kier alpha value is -2.50. The quantitative estimate of drug-likeness (QED) is 0.243. The molecule has 2 heterocycles. The molecule has 1 spiro atoms. The van der Waals surface area contributed by atoms with Gasteiger partial charge in [0.25, 0.3) is 0 Å². The summed E-state index contributed by atoms with van der Waals surface area (Å²) in [4.78, 5) is 4.98. The van der Waals surface area contributed by atoms with Crippen LogP contribution in [0.5, 0.6) is 0 Å². The molecule has 3 atom stereocenters. The average Bonchev–Trinajstić information content (AvgIpc) is 3.78. The molecule has 2 aromatic carbocycles. The molecule has 4 aromatic rings. The smallest absolute Gasteiger partial charge is 0.376 e. The van der Waals surface area contributed by atoms with Gasteiger partial charge in [-0.05, 0) is 72.4 Å². The summed E-state index contributed by atoms with van der Waals surface area (Å²) in [6.45, 7) is 0.710. The predicted molar refractivity (Wildman–Crippen MR) is 146 cm³/mol. The van der Waals surface area contributed by atoms with Crippen LogP contribution in [-0.4, -0.2) is 29.9 Å². The molecule has 2 aliphatic carbocycles. The van der Waals surface area contributed by atoms with Gasteiger partial charge in [0.05, 0.1) is 17.0 Å². The topological polar surface area (TPSA) is 79.3 Å². The first-order valence-electron chi connectivity index (χ1n) is 12.4. The van der Waals surface area contributed by atoms with Crippen LogP contribution in [0.4, 0.5) is 13.2 Å². The normalized spacial score (nSPS) is 20.6. The van der Waals surface area contributed by atoms with Crippen LogP contribution < -0.4 is 4.72 Å². The van der Waals surface area contributed by atoms with Gasteiger partial charge in [0.15, 0.2) is 5.60 Å². The summed E-state index contributed by atoms with van der Waals surface area (Å²) in [7, 11) is -3.63. The first kappa shape index (κ1) is 26.7. The lowest BCUT2D eigenvalue weighted by molar-refractivity contribution is -0.258. The molecule has 204 valence electrons. The molecule has 0 saturated heterocycles. The first-order valence-corrected chi connectivity index (χ1v) is 15.1. The van der Waals surface area contributed by atoms with Crippen LogP contribution in [-0.2, 0) is 15.6 Å². The van der Waals surface area contributed by atoms with E-state index >= 15 is 0 Å². The summed E-state index contributed by atoms with van der Waals surface area (Å²) in [6, 6.07) is 15.9. The van der Waals surface area contributed by atoms with E-state index in [1.54, 1.807) is 36.4 Å². The van der Waals surface area contributed by atoms with E-state index in [1.165, 1.54) is 23.6 Å². The third kappa shape index (κ3) is 4.66. The molecular weight excluding hydrogens is 569 g/mol. The Labute approximate surface area is 232 Å². The van der Waals surface area contributed by atoms with Gasteiger partial charge in [-0.1, -0.05) is 48.0 Å².